The van der Waals surface area contributed by atoms with Gasteiger partial charge in [-0.05, 0) is 18.6 Å². The van der Waals surface area contributed by atoms with E-state index in [0.29, 0.717) is 12.4 Å². The third-order valence-corrected chi connectivity index (χ3v) is 1.99. The average molecular weight is 218 g/mol. The van der Waals surface area contributed by atoms with Gasteiger partial charge in [0, 0.05) is 11.6 Å². The molecule has 0 aromatic heterocycles. The summed E-state index contributed by atoms with van der Waals surface area (Å²) in [5.41, 5.74) is 1.72. The molecule has 1 N–H and O–H groups in total. The second-order valence-electron chi connectivity index (χ2n) is 3.26. The van der Waals surface area contributed by atoms with Crippen LogP contribution in [0.1, 0.15) is 11.1 Å². The van der Waals surface area contributed by atoms with Gasteiger partial charge >= 0.3 is 5.97 Å². The van der Waals surface area contributed by atoms with Crippen LogP contribution in [-0.4, -0.2) is 17.7 Å². The van der Waals surface area contributed by atoms with E-state index in [-0.39, 0.29) is 0 Å². The van der Waals surface area contributed by atoms with Crippen LogP contribution < -0.4 is 4.74 Å². The van der Waals surface area contributed by atoms with Gasteiger partial charge in [0.05, 0.1) is 0 Å². The Balaban J connectivity index is 3.02. The lowest BCUT2D eigenvalue weighted by molar-refractivity contribution is -0.131. The number of rotatable bonds is 5. The van der Waals surface area contributed by atoms with Crippen molar-refractivity contribution in [1.29, 1.82) is 0 Å². The van der Waals surface area contributed by atoms with Crippen molar-refractivity contribution >= 4 is 12.0 Å². The third-order valence-electron chi connectivity index (χ3n) is 1.99. The van der Waals surface area contributed by atoms with Crippen LogP contribution in [0.15, 0.2) is 36.9 Å². The number of aliphatic carboxylic acids is 1. The van der Waals surface area contributed by atoms with E-state index in [1.807, 2.05) is 25.1 Å². The first kappa shape index (κ1) is 12.0. The monoisotopic (exact) mass is 218 g/mol. The maximum Gasteiger partial charge on any atom is 0.328 e. The van der Waals surface area contributed by atoms with Crippen LogP contribution in [0.5, 0.6) is 5.75 Å². The first-order valence-corrected chi connectivity index (χ1v) is 4.89. The molecule has 0 radical (unpaired) electrons. The molecule has 0 fully saturated rings. The molecule has 3 nitrogen and oxygen atoms in total. The molecule has 0 unspecified atom stereocenters. The Morgan fingerprint density at radius 3 is 2.94 bits per heavy atom. The molecule has 84 valence electrons. The van der Waals surface area contributed by atoms with Crippen LogP contribution in [0, 0.1) is 6.92 Å². The fourth-order valence-electron chi connectivity index (χ4n) is 1.31. The summed E-state index contributed by atoms with van der Waals surface area (Å²) in [4.78, 5) is 10.4. The van der Waals surface area contributed by atoms with E-state index in [1.54, 1.807) is 6.08 Å². The predicted octanol–water partition coefficient (Wildman–Crippen LogP) is 2.66. The van der Waals surface area contributed by atoms with Crippen molar-refractivity contribution in [3.8, 4) is 5.75 Å². The molecule has 1 aromatic carbocycles. The molecule has 0 saturated carbocycles. The largest absolute Gasteiger partial charge is 0.489 e. The topological polar surface area (TPSA) is 46.5 Å². The van der Waals surface area contributed by atoms with E-state index >= 15 is 0 Å². The molecule has 0 aliphatic rings. The van der Waals surface area contributed by atoms with Gasteiger partial charge in [0.25, 0.3) is 0 Å². The molecule has 0 aliphatic carbocycles. The highest BCUT2D eigenvalue weighted by Gasteiger charge is 2.03. The van der Waals surface area contributed by atoms with Gasteiger partial charge in [-0.25, -0.2) is 4.79 Å². The lowest BCUT2D eigenvalue weighted by Gasteiger charge is -2.10. The molecule has 16 heavy (non-hydrogen) atoms. The number of hydrogen-bond acceptors (Lipinski definition) is 2. The number of carbonyl (C=O) groups is 1. The van der Waals surface area contributed by atoms with Crippen LogP contribution in [0.3, 0.4) is 0 Å². The minimum absolute atomic E-state index is 0.402. The number of para-hydroxylation sites is 1. The van der Waals surface area contributed by atoms with Gasteiger partial charge in [-0.15, -0.1) is 0 Å². The number of aryl methyl sites for hydroxylation is 1. The molecule has 0 spiro atoms. The molecule has 1 aromatic rings. The Morgan fingerprint density at radius 1 is 1.56 bits per heavy atom. The molecule has 3 heteroatoms. The molecule has 0 amide bonds. The van der Waals surface area contributed by atoms with Crippen molar-refractivity contribution < 1.29 is 14.6 Å². The van der Waals surface area contributed by atoms with Crippen LogP contribution in [0.25, 0.3) is 6.08 Å². The first-order chi connectivity index (χ1) is 7.65. The summed E-state index contributed by atoms with van der Waals surface area (Å²) in [6.07, 6.45) is 4.26. The summed E-state index contributed by atoms with van der Waals surface area (Å²) in [7, 11) is 0. The highest BCUT2D eigenvalue weighted by atomic mass is 16.5. The van der Waals surface area contributed by atoms with Gasteiger partial charge in [-0.3, -0.25) is 0 Å². The van der Waals surface area contributed by atoms with Gasteiger partial charge < -0.3 is 9.84 Å². The maximum absolute atomic E-state index is 10.4. The van der Waals surface area contributed by atoms with Gasteiger partial charge in [0.15, 0.2) is 0 Å². The van der Waals surface area contributed by atoms with Crippen molar-refractivity contribution in [1.82, 2.24) is 0 Å². The zero-order valence-corrected chi connectivity index (χ0v) is 9.14. The Morgan fingerprint density at radius 2 is 2.31 bits per heavy atom. The van der Waals surface area contributed by atoms with Crippen molar-refractivity contribution in [3.05, 3.63) is 48.1 Å². The summed E-state index contributed by atoms with van der Waals surface area (Å²) < 4.78 is 5.49. The molecule has 0 heterocycles. The standard InChI is InChI=1S/C13H14O3/c1-3-9-16-13-10(2)5-4-6-11(13)7-8-12(14)15/h3-8H,1,9H2,2H3,(H,14,15)/b8-7+. The first-order valence-electron chi connectivity index (χ1n) is 4.89. The quantitative estimate of drug-likeness (QED) is 0.610. The van der Waals surface area contributed by atoms with E-state index in [1.165, 1.54) is 6.08 Å². The number of hydrogen-bond donors (Lipinski definition) is 1. The van der Waals surface area contributed by atoms with E-state index in [4.69, 9.17) is 9.84 Å². The molecule has 0 bridgehead atoms. The highest BCUT2D eigenvalue weighted by molar-refractivity contribution is 5.86. The number of benzene rings is 1. The highest BCUT2D eigenvalue weighted by Crippen LogP contribution is 2.24. The molecular weight excluding hydrogens is 204 g/mol. The van der Waals surface area contributed by atoms with E-state index in [2.05, 4.69) is 6.58 Å². The van der Waals surface area contributed by atoms with E-state index in [0.717, 1.165) is 17.2 Å². The zero-order chi connectivity index (χ0) is 12.0. The smallest absolute Gasteiger partial charge is 0.328 e. The Kier molecular flexibility index (Phi) is 4.33. The van der Waals surface area contributed by atoms with Crippen molar-refractivity contribution in [2.24, 2.45) is 0 Å². The summed E-state index contributed by atoms with van der Waals surface area (Å²) in [5.74, 6) is -0.281. The molecular formula is C13H14O3. The maximum atomic E-state index is 10.4. The fraction of sp³-hybridized carbons (Fsp3) is 0.154. The van der Waals surface area contributed by atoms with Gasteiger partial charge in [0.1, 0.15) is 12.4 Å². The van der Waals surface area contributed by atoms with Crippen molar-refractivity contribution in [2.75, 3.05) is 6.61 Å². The van der Waals surface area contributed by atoms with Crippen LogP contribution >= 0.6 is 0 Å². The molecule has 0 atom stereocenters. The zero-order valence-electron chi connectivity index (χ0n) is 9.14. The normalized spacial score (nSPS) is 10.3. The SMILES string of the molecule is C=CCOc1c(C)cccc1/C=C/C(=O)O. The Labute approximate surface area is 94.7 Å². The third kappa shape index (κ3) is 3.28. The summed E-state index contributed by atoms with van der Waals surface area (Å²) in [6, 6.07) is 5.58. The minimum Gasteiger partial charge on any atom is -0.489 e. The summed E-state index contributed by atoms with van der Waals surface area (Å²) in [6.45, 7) is 5.89. The average Bonchev–Trinajstić information content (AvgIpc) is 2.25. The lowest BCUT2D eigenvalue weighted by atomic mass is 10.1. The van der Waals surface area contributed by atoms with Crippen LogP contribution in [-0.2, 0) is 4.79 Å². The van der Waals surface area contributed by atoms with Gasteiger partial charge in [-0.1, -0.05) is 30.9 Å². The molecule has 0 saturated heterocycles. The Hall–Kier alpha value is -2.03. The van der Waals surface area contributed by atoms with E-state index < -0.39 is 5.97 Å². The Bertz CT molecular complexity index is 419. The number of carboxylic acids is 1. The summed E-state index contributed by atoms with van der Waals surface area (Å²) >= 11 is 0. The fourth-order valence-corrected chi connectivity index (χ4v) is 1.31. The molecule has 0 aliphatic heterocycles. The molecule has 1 rings (SSSR count). The van der Waals surface area contributed by atoms with Crippen molar-refractivity contribution in [3.63, 3.8) is 0 Å². The van der Waals surface area contributed by atoms with Gasteiger partial charge in [0.2, 0.25) is 0 Å². The second-order valence-corrected chi connectivity index (χ2v) is 3.26. The summed E-state index contributed by atoms with van der Waals surface area (Å²) in [5, 5.41) is 8.57. The van der Waals surface area contributed by atoms with E-state index in [9.17, 15) is 4.79 Å². The minimum atomic E-state index is -0.976. The number of carboxylic acid groups (broad SMARTS) is 1. The van der Waals surface area contributed by atoms with Crippen molar-refractivity contribution in [2.45, 2.75) is 6.92 Å². The van der Waals surface area contributed by atoms with Gasteiger partial charge in [-0.2, -0.15) is 0 Å². The number of ether oxygens (including phenoxy) is 1. The van der Waals surface area contributed by atoms with Crippen LogP contribution in [0.2, 0.25) is 0 Å². The predicted molar refractivity (Wildman–Crippen MR) is 63.5 cm³/mol. The second kappa shape index (κ2) is 5.75. The lowest BCUT2D eigenvalue weighted by Crippen LogP contribution is -1.97. The van der Waals surface area contributed by atoms with Crippen LogP contribution in [0.4, 0.5) is 0 Å².